The molecule has 0 aromatic rings. The van der Waals surface area contributed by atoms with E-state index in [1.807, 2.05) is 20.8 Å². The monoisotopic (exact) mass is 244 g/mol. The lowest BCUT2D eigenvalue weighted by Crippen LogP contribution is -2.39. The highest BCUT2D eigenvalue weighted by molar-refractivity contribution is 5.79. The van der Waals surface area contributed by atoms with Gasteiger partial charge in [0.2, 0.25) is 5.91 Å². The van der Waals surface area contributed by atoms with E-state index in [0.717, 1.165) is 12.8 Å². The van der Waals surface area contributed by atoms with E-state index in [2.05, 4.69) is 5.32 Å². The van der Waals surface area contributed by atoms with Crippen LogP contribution in [0.3, 0.4) is 0 Å². The number of unbranched alkanes of at least 4 members (excludes halogenated alkanes) is 1. The Morgan fingerprint density at radius 3 is 2.29 bits per heavy atom. The second-order valence-electron chi connectivity index (χ2n) is 3.74. The molecule has 0 aliphatic rings. The summed E-state index contributed by atoms with van der Waals surface area (Å²) in [4.78, 5) is 24.5. The van der Waals surface area contributed by atoms with Crippen LogP contribution < -0.4 is 5.32 Å². The highest BCUT2D eigenvalue weighted by Crippen LogP contribution is 1.89. The van der Waals surface area contributed by atoms with Gasteiger partial charge in [-0.1, -0.05) is 13.3 Å². The molecule has 100 valence electrons. The van der Waals surface area contributed by atoms with Crippen molar-refractivity contribution in [2.24, 2.45) is 0 Å². The molecule has 0 aromatic heterocycles. The highest BCUT2D eigenvalue weighted by Gasteiger charge is 2.09. The largest absolute Gasteiger partial charge is 0.465 e. The van der Waals surface area contributed by atoms with E-state index in [9.17, 15) is 9.59 Å². The number of likely N-dealkylation sites (N-methyl/N-ethyl adjacent to an activating group) is 1. The van der Waals surface area contributed by atoms with Crippen LogP contribution in [0, 0.1) is 0 Å². The molecule has 0 saturated carbocycles. The van der Waals surface area contributed by atoms with E-state index < -0.39 is 0 Å². The molecule has 0 heterocycles. The standard InChI is InChI=1S/C12H24N2O3/c1-4-7-8-17-12(16)10-13-9-11(15)14(5-2)6-3/h13H,4-10H2,1-3H3. The quantitative estimate of drug-likeness (QED) is 0.481. The van der Waals surface area contributed by atoms with Crippen molar-refractivity contribution in [3.63, 3.8) is 0 Å². The molecule has 0 saturated heterocycles. The third-order valence-corrected chi connectivity index (χ3v) is 2.42. The van der Waals surface area contributed by atoms with Gasteiger partial charge in [0.1, 0.15) is 0 Å². The summed E-state index contributed by atoms with van der Waals surface area (Å²) < 4.78 is 4.95. The first-order valence-corrected chi connectivity index (χ1v) is 6.29. The maximum absolute atomic E-state index is 11.6. The van der Waals surface area contributed by atoms with Crippen molar-refractivity contribution in [2.75, 3.05) is 32.8 Å². The number of hydrogen-bond donors (Lipinski definition) is 1. The predicted octanol–water partition coefficient (Wildman–Crippen LogP) is 0.788. The average molecular weight is 244 g/mol. The molecule has 0 rings (SSSR count). The van der Waals surface area contributed by atoms with Crippen molar-refractivity contribution < 1.29 is 14.3 Å². The molecule has 0 aliphatic heterocycles. The number of nitrogens with zero attached hydrogens (tertiary/aromatic N) is 1. The first-order chi connectivity index (χ1) is 8.15. The Morgan fingerprint density at radius 1 is 1.12 bits per heavy atom. The zero-order chi connectivity index (χ0) is 13.1. The lowest BCUT2D eigenvalue weighted by atomic mass is 10.4. The van der Waals surface area contributed by atoms with Crippen LogP contribution in [0.2, 0.25) is 0 Å². The van der Waals surface area contributed by atoms with Gasteiger partial charge in [0.15, 0.2) is 0 Å². The highest BCUT2D eigenvalue weighted by atomic mass is 16.5. The van der Waals surface area contributed by atoms with Gasteiger partial charge in [-0.2, -0.15) is 0 Å². The van der Waals surface area contributed by atoms with Crippen molar-refractivity contribution in [3.8, 4) is 0 Å². The smallest absolute Gasteiger partial charge is 0.319 e. The first-order valence-electron chi connectivity index (χ1n) is 6.29. The maximum atomic E-state index is 11.6. The van der Waals surface area contributed by atoms with Gasteiger partial charge in [-0.15, -0.1) is 0 Å². The fourth-order valence-corrected chi connectivity index (χ4v) is 1.34. The van der Waals surface area contributed by atoms with Crippen LogP contribution >= 0.6 is 0 Å². The summed E-state index contributed by atoms with van der Waals surface area (Å²) in [5, 5.41) is 2.80. The Hall–Kier alpha value is -1.10. The van der Waals surface area contributed by atoms with Gasteiger partial charge in [-0.3, -0.25) is 14.9 Å². The van der Waals surface area contributed by atoms with Crippen LogP contribution in [0.5, 0.6) is 0 Å². The Labute approximate surface area is 103 Å². The molecule has 0 spiro atoms. The Balaban J connectivity index is 3.61. The lowest BCUT2D eigenvalue weighted by Gasteiger charge is -2.18. The van der Waals surface area contributed by atoms with E-state index in [-0.39, 0.29) is 25.0 Å². The molecule has 17 heavy (non-hydrogen) atoms. The van der Waals surface area contributed by atoms with Crippen LogP contribution in [0.1, 0.15) is 33.6 Å². The minimum atomic E-state index is -0.300. The van der Waals surface area contributed by atoms with Crippen molar-refractivity contribution in [1.29, 1.82) is 0 Å². The number of carbonyl (C=O) groups is 2. The van der Waals surface area contributed by atoms with Gasteiger partial charge in [-0.05, 0) is 20.3 Å². The molecule has 0 radical (unpaired) electrons. The van der Waals surface area contributed by atoms with Crippen LogP contribution in [0.15, 0.2) is 0 Å². The van der Waals surface area contributed by atoms with Crippen molar-refractivity contribution in [1.82, 2.24) is 10.2 Å². The lowest BCUT2D eigenvalue weighted by molar-refractivity contribution is -0.142. The van der Waals surface area contributed by atoms with Gasteiger partial charge in [0, 0.05) is 13.1 Å². The molecule has 0 bridgehead atoms. The topological polar surface area (TPSA) is 58.6 Å². The van der Waals surface area contributed by atoms with Gasteiger partial charge in [0.25, 0.3) is 0 Å². The van der Waals surface area contributed by atoms with Crippen LogP contribution in [0.25, 0.3) is 0 Å². The van der Waals surface area contributed by atoms with Crippen LogP contribution in [0.4, 0.5) is 0 Å². The van der Waals surface area contributed by atoms with E-state index in [1.165, 1.54) is 0 Å². The van der Waals surface area contributed by atoms with Crippen molar-refractivity contribution in [3.05, 3.63) is 0 Å². The molecular formula is C12H24N2O3. The van der Waals surface area contributed by atoms with Gasteiger partial charge in [0.05, 0.1) is 19.7 Å². The van der Waals surface area contributed by atoms with E-state index in [1.54, 1.807) is 4.90 Å². The van der Waals surface area contributed by atoms with Crippen molar-refractivity contribution in [2.45, 2.75) is 33.6 Å². The summed E-state index contributed by atoms with van der Waals surface area (Å²) >= 11 is 0. The minimum Gasteiger partial charge on any atom is -0.465 e. The van der Waals surface area contributed by atoms with Crippen molar-refractivity contribution >= 4 is 11.9 Å². The Bertz CT molecular complexity index is 228. The maximum Gasteiger partial charge on any atom is 0.319 e. The zero-order valence-electron chi connectivity index (χ0n) is 11.1. The molecule has 0 unspecified atom stereocenters. The van der Waals surface area contributed by atoms with Crippen LogP contribution in [-0.4, -0.2) is 49.6 Å². The fraction of sp³-hybridized carbons (Fsp3) is 0.833. The number of nitrogens with one attached hydrogen (secondary N) is 1. The zero-order valence-corrected chi connectivity index (χ0v) is 11.1. The Morgan fingerprint density at radius 2 is 1.76 bits per heavy atom. The predicted molar refractivity (Wildman–Crippen MR) is 66.7 cm³/mol. The summed E-state index contributed by atoms with van der Waals surface area (Å²) in [6, 6.07) is 0. The number of rotatable bonds is 9. The van der Waals surface area contributed by atoms with E-state index in [0.29, 0.717) is 19.7 Å². The molecule has 5 heteroatoms. The summed E-state index contributed by atoms with van der Waals surface area (Å²) in [6.45, 7) is 8.02. The second-order valence-corrected chi connectivity index (χ2v) is 3.74. The molecule has 0 aromatic carbocycles. The number of ether oxygens (including phenoxy) is 1. The van der Waals surface area contributed by atoms with Gasteiger partial charge < -0.3 is 9.64 Å². The number of hydrogen-bond acceptors (Lipinski definition) is 4. The minimum absolute atomic E-state index is 0.0105. The fourth-order valence-electron chi connectivity index (χ4n) is 1.34. The molecule has 1 amide bonds. The molecule has 0 fully saturated rings. The number of esters is 1. The molecular weight excluding hydrogens is 220 g/mol. The first kappa shape index (κ1) is 15.9. The number of carbonyl (C=O) groups excluding carboxylic acids is 2. The molecule has 0 atom stereocenters. The molecule has 0 aliphatic carbocycles. The summed E-state index contributed by atoms with van der Waals surface area (Å²) in [7, 11) is 0. The third kappa shape index (κ3) is 7.74. The second kappa shape index (κ2) is 10.1. The molecule has 5 nitrogen and oxygen atoms in total. The van der Waals surface area contributed by atoms with E-state index in [4.69, 9.17) is 4.74 Å². The summed E-state index contributed by atoms with van der Waals surface area (Å²) in [6.07, 6.45) is 1.88. The Kier molecular flexibility index (Phi) is 9.43. The number of amides is 1. The normalized spacial score (nSPS) is 10.1. The summed E-state index contributed by atoms with van der Waals surface area (Å²) in [5.41, 5.74) is 0. The van der Waals surface area contributed by atoms with Gasteiger partial charge >= 0.3 is 5.97 Å². The third-order valence-electron chi connectivity index (χ3n) is 2.42. The SMILES string of the molecule is CCCCOC(=O)CNCC(=O)N(CC)CC. The van der Waals surface area contributed by atoms with E-state index >= 15 is 0 Å². The summed E-state index contributed by atoms with van der Waals surface area (Å²) in [5.74, 6) is -0.290. The van der Waals surface area contributed by atoms with Crippen LogP contribution in [-0.2, 0) is 14.3 Å². The van der Waals surface area contributed by atoms with Gasteiger partial charge in [-0.25, -0.2) is 0 Å². The molecule has 1 N–H and O–H groups in total. The average Bonchev–Trinajstić information content (AvgIpc) is 2.31.